The lowest BCUT2D eigenvalue weighted by atomic mass is 10.1. The van der Waals surface area contributed by atoms with Gasteiger partial charge in [-0.25, -0.2) is 8.42 Å². The van der Waals surface area contributed by atoms with Crippen LogP contribution in [0.3, 0.4) is 0 Å². The molecule has 1 aliphatic rings. The number of carboxylic acids is 1. The third kappa shape index (κ3) is 1.51. The maximum Gasteiger partial charge on any atom is 0.322 e. The first-order valence-electron chi connectivity index (χ1n) is 3.12. The van der Waals surface area contributed by atoms with Crippen molar-refractivity contribution < 1.29 is 18.3 Å². The molecule has 0 aromatic carbocycles. The molecule has 0 saturated carbocycles. The molecule has 1 heterocycles. The van der Waals surface area contributed by atoms with Crippen LogP contribution in [0.1, 0.15) is 6.42 Å². The van der Waals surface area contributed by atoms with Crippen molar-refractivity contribution in [1.82, 2.24) is 4.31 Å². The molecule has 1 saturated heterocycles. The molecule has 0 aromatic heterocycles. The summed E-state index contributed by atoms with van der Waals surface area (Å²) < 4.78 is 22.6. The molecule has 0 amide bonds. The van der Waals surface area contributed by atoms with E-state index in [1.807, 2.05) is 0 Å². The molecular formula is C5H9NO4S. The fourth-order valence-corrected chi connectivity index (χ4v) is 2.10. The predicted octanol–water partition coefficient (Wildman–Crippen LogP) is -0.895. The Balaban J connectivity index is 2.72. The van der Waals surface area contributed by atoms with Crippen LogP contribution < -0.4 is 0 Å². The van der Waals surface area contributed by atoms with Crippen molar-refractivity contribution >= 4 is 16.0 Å². The highest BCUT2D eigenvalue weighted by Crippen LogP contribution is 2.20. The molecule has 0 bridgehead atoms. The van der Waals surface area contributed by atoms with Crippen molar-refractivity contribution in [2.75, 3.05) is 12.8 Å². The summed E-state index contributed by atoms with van der Waals surface area (Å²) in [6, 6.07) is -0.829. The van der Waals surface area contributed by atoms with Crippen LogP contribution in [0.5, 0.6) is 0 Å². The lowest BCUT2D eigenvalue weighted by Crippen LogP contribution is -2.54. The van der Waals surface area contributed by atoms with Gasteiger partial charge in [0.1, 0.15) is 6.04 Å². The molecule has 1 N–H and O–H groups in total. The summed E-state index contributed by atoms with van der Waals surface area (Å²) in [6.07, 6.45) is 1.44. The number of carbonyl (C=O) groups is 1. The van der Waals surface area contributed by atoms with Gasteiger partial charge < -0.3 is 5.11 Å². The van der Waals surface area contributed by atoms with Gasteiger partial charge in [0.25, 0.3) is 0 Å². The second kappa shape index (κ2) is 2.46. The largest absolute Gasteiger partial charge is 0.480 e. The van der Waals surface area contributed by atoms with Crippen LogP contribution in [0.4, 0.5) is 0 Å². The van der Waals surface area contributed by atoms with Crippen molar-refractivity contribution in [2.45, 2.75) is 12.5 Å². The Kier molecular flexibility index (Phi) is 1.89. The zero-order valence-corrected chi connectivity index (χ0v) is 6.84. The van der Waals surface area contributed by atoms with Gasteiger partial charge in [-0.2, -0.15) is 4.31 Å². The van der Waals surface area contributed by atoms with Gasteiger partial charge in [0.2, 0.25) is 10.0 Å². The molecule has 5 nitrogen and oxygen atoms in total. The molecular weight excluding hydrogens is 170 g/mol. The lowest BCUT2D eigenvalue weighted by Gasteiger charge is -2.35. The normalized spacial score (nSPS) is 26.1. The van der Waals surface area contributed by atoms with Gasteiger partial charge in [0, 0.05) is 6.54 Å². The second-order valence-electron chi connectivity index (χ2n) is 2.52. The Morgan fingerprint density at radius 1 is 1.64 bits per heavy atom. The van der Waals surface area contributed by atoms with Gasteiger partial charge in [0.05, 0.1) is 6.26 Å². The Morgan fingerprint density at radius 3 is 2.27 bits per heavy atom. The van der Waals surface area contributed by atoms with Crippen LogP contribution in [0.2, 0.25) is 0 Å². The Bertz CT molecular complexity index is 270. The summed E-state index contributed by atoms with van der Waals surface area (Å²) in [6.45, 7) is 0.329. The summed E-state index contributed by atoms with van der Waals surface area (Å²) in [7, 11) is -3.31. The standard InChI is InChI=1S/C5H9NO4S/c1-11(9,10)6-3-2-4(6)5(7)8/h4H,2-3H2,1H3,(H,7,8). The van der Waals surface area contributed by atoms with E-state index in [4.69, 9.17) is 5.11 Å². The van der Waals surface area contributed by atoms with Gasteiger partial charge in [-0.05, 0) is 6.42 Å². The van der Waals surface area contributed by atoms with Crippen molar-refractivity contribution in [1.29, 1.82) is 0 Å². The van der Waals surface area contributed by atoms with Crippen LogP contribution >= 0.6 is 0 Å². The van der Waals surface area contributed by atoms with Gasteiger partial charge in [0.15, 0.2) is 0 Å². The highest BCUT2D eigenvalue weighted by molar-refractivity contribution is 7.88. The predicted molar refractivity (Wildman–Crippen MR) is 37.6 cm³/mol. The SMILES string of the molecule is CS(=O)(=O)N1CCC1C(=O)O. The van der Waals surface area contributed by atoms with E-state index in [0.717, 1.165) is 10.6 Å². The first kappa shape index (κ1) is 8.48. The van der Waals surface area contributed by atoms with E-state index in [2.05, 4.69) is 0 Å². The van der Waals surface area contributed by atoms with Gasteiger partial charge in [-0.3, -0.25) is 4.79 Å². The van der Waals surface area contributed by atoms with Gasteiger partial charge >= 0.3 is 5.97 Å². The third-order valence-corrected chi connectivity index (χ3v) is 2.97. The van der Waals surface area contributed by atoms with E-state index < -0.39 is 22.0 Å². The fourth-order valence-electron chi connectivity index (χ4n) is 1.01. The summed E-state index contributed by atoms with van der Waals surface area (Å²) in [4.78, 5) is 10.3. The van der Waals surface area contributed by atoms with Crippen LogP contribution in [-0.4, -0.2) is 42.6 Å². The Morgan fingerprint density at radius 2 is 2.18 bits per heavy atom. The second-order valence-corrected chi connectivity index (χ2v) is 4.45. The quantitative estimate of drug-likeness (QED) is 0.596. The van der Waals surface area contributed by atoms with E-state index in [1.54, 1.807) is 0 Å². The van der Waals surface area contributed by atoms with Crippen molar-refractivity contribution in [3.05, 3.63) is 0 Å². The highest BCUT2D eigenvalue weighted by atomic mass is 32.2. The molecule has 1 unspecified atom stereocenters. The number of hydrogen-bond acceptors (Lipinski definition) is 3. The number of sulfonamides is 1. The van der Waals surface area contributed by atoms with Crippen molar-refractivity contribution in [2.24, 2.45) is 0 Å². The Hall–Kier alpha value is -0.620. The van der Waals surface area contributed by atoms with Gasteiger partial charge in [-0.1, -0.05) is 0 Å². The average molecular weight is 179 g/mol. The highest BCUT2D eigenvalue weighted by Gasteiger charge is 2.39. The monoisotopic (exact) mass is 179 g/mol. The zero-order valence-electron chi connectivity index (χ0n) is 6.02. The average Bonchev–Trinajstić information content (AvgIpc) is 1.51. The number of rotatable bonds is 2. The first-order valence-corrected chi connectivity index (χ1v) is 4.97. The summed E-state index contributed by atoms with van der Waals surface area (Å²) in [5.41, 5.74) is 0. The van der Waals surface area contributed by atoms with Crippen LogP contribution in [0.25, 0.3) is 0 Å². The molecule has 64 valence electrons. The smallest absolute Gasteiger partial charge is 0.322 e. The summed E-state index contributed by atoms with van der Waals surface area (Å²) >= 11 is 0. The molecule has 0 aliphatic carbocycles. The number of hydrogen-bond donors (Lipinski definition) is 1. The first-order chi connectivity index (χ1) is 4.93. The molecule has 1 fully saturated rings. The van der Waals surface area contributed by atoms with E-state index in [9.17, 15) is 13.2 Å². The topological polar surface area (TPSA) is 74.7 Å². The van der Waals surface area contributed by atoms with Crippen molar-refractivity contribution in [3.63, 3.8) is 0 Å². The molecule has 1 atom stereocenters. The maximum atomic E-state index is 10.8. The van der Waals surface area contributed by atoms with E-state index in [1.165, 1.54) is 0 Å². The van der Waals surface area contributed by atoms with Crippen LogP contribution in [0.15, 0.2) is 0 Å². The maximum absolute atomic E-state index is 10.8. The lowest BCUT2D eigenvalue weighted by molar-refractivity contribution is -0.144. The number of aliphatic carboxylic acids is 1. The van der Waals surface area contributed by atoms with Crippen molar-refractivity contribution in [3.8, 4) is 0 Å². The molecule has 0 radical (unpaired) electrons. The van der Waals surface area contributed by atoms with Gasteiger partial charge in [-0.15, -0.1) is 0 Å². The third-order valence-electron chi connectivity index (χ3n) is 1.68. The van der Waals surface area contributed by atoms with E-state index in [-0.39, 0.29) is 0 Å². The fraction of sp³-hybridized carbons (Fsp3) is 0.800. The minimum absolute atomic E-state index is 0.329. The molecule has 1 aliphatic heterocycles. The summed E-state index contributed by atoms with van der Waals surface area (Å²) in [5, 5.41) is 8.46. The van der Waals surface area contributed by atoms with Crippen LogP contribution in [-0.2, 0) is 14.8 Å². The number of nitrogens with zero attached hydrogens (tertiary/aromatic N) is 1. The number of carboxylic acid groups (broad SMARTS) is 1. The van der Waals surface area contributed by atoms with E-state index >= 15 is 0 Å². The molecule has 0 spiro atoms. The molecule has 0 aromatic rings. The van der Waals surface area contributed by atoms with E-state index in [0.29, 0.717) is 13.0 Å². The minimum atomic E-state index is -3.31. The molecule has 11 heavy (non-hydrogen) atoms. The zero-order chi connectivity index (χ0) is 8.65. The molecule has 1 rings (SSSR count). The molecule has 6 heteroatoms. The summed E-state index contributed by atoms with van der Waals surface area (Å²) in [5.74, 6) is -1.07. The minimum Gasteiger partial charge on any atom is -0.480 e. The Labute approximate surface area is 64.7 Å². The van der Waals surface area contributed by atoms with Crippen LogP contribution in [0, 0.1) is 0 Å².